The first-order chi connectivity index (χ1) is 13.2. The Morgan fingerprint density at radius 2 is 1.85 bits per heavy atom. The molecule has 0 saturated carbocycles. The van der Waals surface area contributed by atoms with Crippen molar-refractivity contribution in [3.8, 4) is 22.8 Å². The molecular formula is C22H20N2O3. The van der Waals surface area contributed by atoms with Crippen molar-refractivity contribution in [2.75, 3.05) is 18.5 Å². The van der Waals surface area contributed by atoms with Crippen molar-refractivity contribution in [1.29, 1.82) is 0 Å². The number of nitrogens with one attached hydrogen (secondary N) is 1. The lowest BCUT2D eigenvalue weighted by Gasteiger charge is -2.10. The largest absolute Gasteiger partial charge is 0.490 e. The Balaban J connectivity index is 1.49. The van der Waals surface area contributed by atoms with Gasteiger partial charge in [-0.25, -0.2) is 0 Å². The van der Waals surface area contributed by atoms with Crippen molar-refractivity contribution in [2.45, 2.75) is 13.3 Å². The first kappa shape index (κ1) is 17.1. The van der Waals surface area contributed by atoms with E-state index >= 15 is 0 Å². The number of benzene rings is 2. The van der Waals surface area contributed by atoms with E-state index in [1.807, 2.05) is 37.3 Å². The molecule has 27 heavy (non-hydrogen) atoms. The second kappa shape index (κ2) is 7.50. The smallest absolute Gasteiger partial charge is 0.257 e. The van der Waals surface area contributed by atoms with Gasteiger partial charge in [-0.05, 0) is 37.3 Å². The minimum absolute atomic E-state index is 0.215. The molecule has 0 fully saturated rings. The molecule has 2 aromatic carbocycles. The molecular weight excluding hydrogens is 340 g/mol. The molecule has 1 aliphatic rings. The summed E-state index contributed by atoms with van der Waals surface area (Å²) in [5.74, 6) is 1.14. The van der Waals surface area contributed by atoms with E-state index in [9.17, 15) is 4.79 Å². The number of carbonyl (C=O) groups excluding carboxylic acids is 1. The summed E-state index contributed by atoms with van der Waals surface area (Å²) in [6, 6.07) is 17.2. The van der Waals surface area contributed by atoms with Crippen molar-refractivity contribution in [1.82, 2.24) is 4.98 Å². The van der Waals surface area contributed by atoms with Gasteiger partial charge in [-0.1, -0.05) is 23.8 Å². The van der Waals surface area contributed by atoms with Gasteiger partial charge in [0.05, 0.1) is 24.5 Å². The predicted molar refractivity (Wildman–Crippen MR) is 104 cm³/mol. The Hall–Kier alpha value is -3.34. The van der Waals surface area contributed by atoms with Crippen molar-refractivity contribution in [2.24, 2.45) is 0 Å². The molecule has 5 nitrogen and oxygen atoms in total. The number of amides is 1. The van der Waals surface area contributed by atoms with Crippen LogP contribution in [0.5, 0.6) is 11.5 Å². The number of hydrogen-bond acceptors (Lipinski definition) is 4. The number of nitrogens with zero attached hydrogens (tertiary/aromatic N) is 1. The van der Waals surface area contributed by atoms with E-state index < -0.39 is 0 Å². The molecule has 5 heteroatoms. The number of aromatic nitrogens is 1. The van der Waals surface area contributed by atoms with Gasteiger partial charge in [0.2, 0.25) is 0 Å². The van der Waals surface area contributed by atoms with Gasteiger partial charge in [0.25, 0.3) is 5.91 Å². The molecule has 0 aliphatic carbocycles. The number of carbonyl (C=O) groups is 1. The summed E-state index contributed by atoms with van der Waals surface area (Å²) < 4.78 is 11.3. The summed E-state index contributed by atoms with van der Waals surface area (Å²) in [4.78, 5) is 17.0. The molecule has 0 spiro atoms. The summed E-state index contributed by atoms with van der Waals surface area (Å²) >= 11 is 0. The standard InChI is InChI=1S/C22H20N2O3/c1-15-4-2-5-16(12-15)19-8-6-17(14-23-19)22(25)24-18-7-9-20-21(13-18)27-11-3-10-26-20/h2,4-9,12-14H,3,10-11H2,1H3,(H,24,25). The zero-order valence-electron chi connectivity index (χ0n) is 15.1. The average Bonchev–Trinajstić information content (AvgIpc) is 2.93. The van der Waals surface area contributed by atoms with E-state index in [1.54, 1.807) is 24.4 Å². The maximum absolute atomic E-state index is 12.5. The highest BCUT2D eigenvalue weighted by Crippen LogP contribution is 2.32. The molecule has 4 rings (SSSR count). The van der Waals surface area contributed by atoms with E-state index in [2.05, 4.69) is 16.4 Å². The van der Waals surface area contributed by atoms with Gasteiger partial charge in [0.1, 0.15) is 0 Å². The number of hydrogen-bond donors (Lipinski definition) is 1. The summed E-state index contributed by atoms with van der Waals surface area (Å²) in [6.45, 7) is 3.28. The molecule has 0 unspecified atom stereocenters. The second-order valence-corrected chi connectivity index (χ2v) is 6.47. The van der Waals surface area contributed by atoms with Crippen LogP contribution in [0, 0.1) is 6.92 Å². The minimum atomic E-state index is -0.215. The van der Waals surface area contributed by atoms with E-state index in [1.165, 1.54) is 5.56 Å². The van der Waals surface area contributed by atoms with Gasteiger partial charge in [-0.15, -0.1) is 0 Å². The fraction of sp³-hybridized carbons (Fsp3) is 0.182. The third-order valence-corrected chi connectivity index (χ3v) is 4.34. The van der Waals surface area contributed by atoms with E-state index in [-0.39, 0.29) is 5.91 Å². The van der Waals surface area contributed by atoms with Crippen molar-refractivity contribution in [3.63, 3.8) is 0 Å². The summed E-state index contributed by atoms with van der Waals surface area (Å²) in [6.07, 6.45) is 2.44. The Kier molecular flexibility index (Phi) is 4.75. The van der Waals surface area contributed by atoms with Gasteiger partial charge >= 0.3 is 0 Å². The first-order valence-corrected chi connectivity index (χ1v) is 8.93. The molecule has 3 aromatic rings. The van der Waals surface area contributed by atoms with Crippen LogP contribution in [0.2, 0.25) is 0 Å². The van der Waals surface area contributed by atoms with Crippen molar-refractivity contribution < 1.29 is 14.3 Å². The molecule has 0 radical (unpaired) electrons. The van der Waals surface area contributed by atoms with E-state index in [0.29, 0.717) is 36.0 Å². The highest BCUT2D eigenvalue weighted by atomic mass is 16.5. The third-order valence-electron chi connectivity index (χ3n) is 4.34. The minimum Gasteiger partial charge on any atom is -0.490 e. The molecule has 136 valence electrons. The highest BCUT2D eigenvalue weighted by Gasteiger charge is 2.13. The number of aryl methyl sites for hydroxylation is 1. The number of anilines is 1. The van der Waals surface area contributed by atoms with Gasteiger partial charge in [0, 0.05) is 29.9 Å². The maximum atomic E-state index is 12.5. The number of ether oxygens (including phenoxy) is 2. The van der Waals surface area contributed by atoms with Crippen LogP contribution in [0.15, 0.2) is 60.8 Å². The van der Waals surface area contributed by atoms with Gasteiger partial charge in [0.15, 0.2) is 11.5 Å². The monoisotopic (exact) mass is 360 g/mol. The quantitative estimate of drug-likeness (QED) is 0.749. The number of rotatable bonds is 3. The number of pyridine rings is 1. The van der Waals surface area contributed by atoms with E-state index in [0.717, 1.165) is 17.7 Å². The topological polar surface area (TPSA) is 60.5 Å². The van der Waals surface area contributed by atoms with Crippen LogP contribution in [0.1, 0.15) is 22.3 Å². The number of fused-ring (bicyclic) bond motifs is 1. The van der Waals surface area contributed by atoms with Crippen LogP contribution in [0.25, 0.3) is 11.3 Å². The Morgan fingerprint density at radius 1 is 1.00 bits per heavy atom. The zero-order chi connectivity index (χ0) is 18.6. The maximum Gasteiger partial charge on any atom is 0.257 e. The summed E-state index contributed by atoms with van der Waals surface area (Å²) in [7, 11) is 0. The lowest BCUT2D eigenvalue weighted by molar-refractivity contribution is 0.102. The van der Waals surface area contributed by atoms with Crippen molar-refractivity contribution >= 4 is 11.6 Å². The molecule has 0 saturated heterocycles. The van der Waals surface area contributed by atoms with Crippen LogP contribution in [0.4, 0.5) is 5.69 Å². The third kappa shape index (κ3) is 3.92. The van der Waals surface area contributed by atoms with Crippen LogP contribution in [0.3, 0.4) is 0 Å². The molecule has 1 N–H and O–H groups in total. The SMILES string of the molecule is Cc1cccc(-c2ccc(C(=O)Nc3ccc4c(c3)OCCCO4)cn2)c1. The Labute approximate surface area is 158 Å². The summed E-state index contributed by atoms with van der Waals surface area (Å²) in [5, 5.41) is 2.88. The van der Waals surface area contributed by atoms with Crippen LogP contribution >= 0.6 is 0 Å². The normalized spacial score (nSPS) is 12.9. The zero-order valence-corrected chi connectivity index (χ0v) is 15.1. The van der Waals surface area contributed by atoms with E-state index in [4.69, 9.17) is 9.47 Å². The van der Waals surface area contributed by atoms with Crippen LogP contribution in [-0.2, 0) is 0 Å². The second-order valence-electron chi connectivity index (χ2n) is 6.47. The average molecular weight is 360 g/mol. The van der Waals surface area contributed by atoms with Gasteiger partial charge in [-0.3, -0.25) is 9.78 Å². The van der Waals surface area contributed by atoms with Crippen LogP contribution in [-0.4, -0.2) is 24.1 Å². The lowest BCUT2D eigenvalue weighted by Crippen LogP contribution is -2.12. The fourth-order valence-electron chi connectivity index (χ4n) is 2.95. The Morgan fingerprint density at radius 3 is 2.63 bits per heavy atom. The molecule has 0 bridgehead atoms. The van der Waals surface area contributed by atoms with Crippen molar-refractivity contribution in [3.05, 3.63) is 71.9 Å². The molecule has 1 aromatic heterocycles. The van der Waals surface area contributed by atoms with Crippen LogP contribution < -0.4 is 14.8 Å². The predicted octanol–water partition coefficient (Wildman–Crippen LogP) is 4.47. The Bertz CT molecular complexity index is 968. The molecule has 1 aliphatic heterocycles. The van der Waals surface area contributed by atoms with Gasteiger partial charge in [-0.2, -0.15) is 0 Å². The highest BCUT2D eigenvalue weighted by molar-refractivity contribution is 6.04. The molecule has 2 heterocycles. The van der Waals surface area contributed by atoms with Gasteiger partial charge < -0.3 is 14.8 Å². The molecule has 0 atom stereocenters. The summed E-state index contributed by atoms with van der Waals surface area (Å²) in [5.41, 5.74) is 4.20. The lowest BCUT2D eigenvalue weighted by atomic mass is 10.1. The molecule has 1 amide bonds. The fourth-order valence-corrected chi connectivity index (χ4v) is 2.95. The first-order valence-electron chi connectivity index (χ1n) is 8.93.